The van der Waals surface area contributed by atoms with Crippen molar-refractivity contribution in [3.63, 3.8) is 0 Å². The number of hydrogen-bond acceptors (Lipinski definition) is 3. The van der Waals surface area contributed by atoms with E-state index >= 15 is 0 Å². The Morgan fingerprint density at radius 2 is 2.05 bits per heavy atom. The highest BCUT2D eigenvalue weighted by Crippen LogP contribution is 2.24. The molecule has 0 spiro atoms. The minimum atomic E-state index is -0.216. The fraction of sp³-hybridized carbons (Fsp3) is 0.533. The number of benzene rings is 1. The highest BCUT2D eigenvalue weighted by atomic mass is 16.2. The van der Waals surface area contributed by atoms with Gasteiger partial charge in [0.05, 0.1) is 11.4 Å². The molecule has 3 N–H and O–H groups in total. The van der Waals surface area contributed by atoms with E-state index in [0.717, 1.165) is 31.6 Å². The summed E-state index contributed by atoms with van der Waals surface area (Å²) in [6, 6.07) is 7.44. The lowest BCUT2D eigenvalue weighted by Gasteiger charge is -2.30. The van der Waals surface area contributed by atoms with E-state index in [1.165, 1.54) is 0 Å². The molecule has 19 heavy (non-hydrogen) atoms. The van der Waals surface area contributed by atoms with Crippen molar-refractivity contribution in [3.05, 3.63) is 24.3 Å². The fourth-order valence-corrected chi connectivity index (χ4v) is 2.08. The molecular weight excluding hydrogens is 238 g/mol. The summed E-state index contributed by atoms with van der Waals surface area (Å²) < 4.78 is 0. The average Bonchev–Trinajstić information content (AvgIpc) is 2.41. The van der Waals surface area contributed by atoms with Crippen LogP contribution in [0.4, 0.5) is 11.4 Å². The van der Waals surface area contributed by atoms with Gasteiger partial charge in [0.25, 0.3) is 0 Å². The SMILES string of the molecule is CCCCNC(=O)C(C)N(CC)c1ccccc1N. The molecule has 0 aliphatic carbocycles. The van der Waals surface area contributed by atoms with E-state index in [1.807, 2.05) is 43.0 Å². The zero-order valence-corrected chi connectivity index (χ0v) is 12.1. The van der Waals surface area contributed by atoms with Gasteiger partial charge in [-0.15, -0.1) is 0 Å². The first kappa shape index (κ1) is 15.3. The average molecular weight is 263 g/mol. The minimum absolute atomic E-state index is 0.0542. The van der Waals surface area contributed by atoms with Crippen molar-refractivity contribution in [2.45, 2.75) is 39.7 Å². The number of nitrogens with one attached hydrogen (secondary N) is 1. The number of carbonyl (C=O) groups is 1. The van der Waals surface area contributed by atoms with Crippen LogP contribution >= 0.6 is 0 Å². The van der Waals surface area contributed by atoms with Crippen LogP contribution in [0.1, 0.15) is 33.6 Å². The molecule has 1 atom stereocenters. The maximum absolute atomic E-state index is 12.1. The number of para-hydroxylation sites is 2. The number of likely N-dealkylation sites (N-methyl/N-ethyl adjacent to an activating group) is 1. The van der Waals surface area contributed by atoms with Gasteiger partial charge >= 0.3 is 0 Å². The molecule has 0 bridgehead atoms. The van der Waals surface area contributed by atoms with E-state index in [4.69, 9.17) is 5.73 Å². The quantitative estimate of drug-likeness (QED) is 0.586. The van der Waals surface area contributed by atoms with Crippen LogP contribution < -0.4 is 16.0 Å². The number of hydrogen-bond donors (Lipinski definition) is 2. The van der Waals surface area contributed by atoms with Crippen molar-refractivity contribution in [1.82, 2.24) is 5.32 Å². The zero-order valence-electron chi connectivity index (χ0n) is 12.1. The van der Waals surface area contributed by atoms with Gasteiger partial charge in [-0.1, -0.05) is 25.5 Å². The predicted octanol–water partition coefficient (Wildman–Crippen LogP) is 2.40. The van der Waals surface area contributed by atoms with E-state index in [9.17, 15) is 4.79 Å². The largest absolute Gasteiger partial charge is 0.397 e. The normalized spacial score (nSPS) is 11.9. The van der Waals surface area contributed by atoms with E-state index < -0.39 is 0 Å². The van der Waals surface area contributed by atoms with E-state index in [1.54, 1.807) is 0 Å². The Hall–Kier alpha value is -1.71. The van der Waals surface area contributed by atoms with Gasteiger partial charge in [0.2, 0.25) is 5.91 Å². The van der Waals surface area contributed by atoms with Crippen molar-refractivity contribution in [2.24, 2.45) is 0 Å². The molecule has 0 aliphatic rings. The molecule has 4 heteroatoms. The summed E-state index contributed by atoms with van der Waals surface area (Å²) in [4.78, 5) is 14.1. The van der Waals surface area contributed by atoms with Gasteiger partial charge in [-0.3, -0.25) is 4.79 Å². The predicted molar refractivity (Wildman–Crippen MR) is 81.3 cm³/mol. The number of nitrogen functional groups attached to an aromatic ring is 1. The molecule has 1 aromatic carbocycles. The van der Waals surface area contributed by atoms with E-state index in [0.29, 0.717) is 5.69 Å². The first-order valence-electron chi connectivity index (χ1n) is 7.00. The molecule has 1 rings (SSSR count). The highest BCUT2D eigenvalue weighted by molar-refractivity contribution is 5.86. The summed E-state index contributed by atoms with van der Waals surface area (Å²) in [6.45, 7) is 7.54. The van der Waals surface area contributed by atoms with Crippen molar-refractivity contribution in [3.8, 4) is 0 Å². The minimum Gasteiger partial charge on any atom is -0.397 e. The number of unbranched alkanes of at least 4 members (excludes halogenated alkanes) is 1. The second-order valence-corrected chi connectivity index (χ2v) is 4.67. The first-order chi connectivity index (χ1) is 9.11. The molecule has 0 fully saturated rings. The van der Waals surface area contributed by atoms with Gasteiger partial charge in [-0.2, -0.15) is 0 Å². The van der Waals surface area contributed by atoms with Crippen LogP contribution in [0.25, 0.3) is 0 Å². The summed E-state index contributed by atoms with van der Waals surface area (Å²) in [6.07, 6.45) is 2.09. The van der Waals surface area contributed by atoms with Crippen LogP contribution in [0.15, 0.2) is 24.3 Å². The molecule has 1 amide bonds. The second-order valence-electron chi connectivity index (χ2n) is 4.67. The Morgan fingerprint density at radius 1 is 1.37 bits per heavy atom. The molecule has 4 nitrogen and oxygen atoms in total. The number of anilines is 2. The van der Waals surface area contributed by atoms with Gasteiger partial charge in [0.1, 0.15) is 6.04 Å². The Labute approximate surface area is 116 Å². The van der Waals surface area contributed by atoms with Gasteiger partial charge in [-0.05, 0) is 32.4 Å². The van der Waals surface area contributed by atoms with Gasteiger partial charge in [-0.25, -0.2) is 0 Å². The molecular formula is C15H25N3O. The third-order valence-corrected chi connectivity index (χ3v) is 3.26. The lowest BCUT2D eigenvalue weighted by Crippen LogP contribution is -2.45. The molecule has 0 saturated heterocycles. The highest BCUT2D eigenvalue weighted by Gasteiger charge is 2.21. The Bertz CT molecular complexity index is 406. The standard InChI is InChI=1S/C15H25N3O/c1-4-6-11-17-15(19)12(3)18(5-2)14-10-8-7-9-13(14)16/h7-10,12H,4-6,11,16H2,1-3H3,(H,17,19). The van der Waals surface area contributed by atoms with Crippen LogP contribution in [0, 0.1) is 0 Å². The third kappa shape index (κ3) is 4.16. The van der Waals surface area contributed by atoms with Gasteiger partial charge in [0.15, 0.2) is 0 Å². The lowest BCUT2D eigenvalue weighted by molar-refractivity contribution is -0.122. The molecule has 0 heterocycles. The summed E-state index contributed by atoms with van der Waals surface area (Å²) in [7, 11) is 0. The van der Waals surface area contributed by atoms with Crippen molar-refractivity contribution < 1.29 is 4.79 Å². The van der Waals surface area contributed by atoms with Crippen LogP contribution in [0.5, 0.6) is 0 Å². The molecule has 1 unspecified atom stereocenters. The van der Waals surface area contributed by atoms with Gasteiger partial charge in [0, 0.05) is 13.1 Å². The number of nitrogens with two attached hydrogens (primary N) is 1. The second kappa shape index (κ2) is 7.67. The molecule has 0 radical (unpaired) electrons. The fourth-order valence-electron chi connectivity index (χ4n) is 2.08. The van der Waals surface area contributed by atoms with Crippen molar-refractivity contribution >= 4 is 17.3 Å². The Balaban J connectivity index is 2.74. The number of rotatable bonds is 7. The molecule has 0 aliphatic heterocycles. The third-order valence-electron chi connectivity index (χ3n) is 3.26. The van der Waals surface area contributed by atoms with Crippen LogP contribution in [-0.4, -0.2) is 25.0 Å². The number of amides is 1. The van der Waals surface area contributed by atoms with E-state index in [2.05, 4.69) is 12.2 Å². The molecule has 0 saturated carbocycles. The summed E-state index contributed by atoms with van der Waals surface area (Å²) in [5.41, 5.74) is 7.61. The molecule has 0 aromatic heterocycles. The van der Waals surface area contributed by atoms with Crippen LogP contribution in [-0.2, 0) is 4.79 Å². The molecule has 106 valence electrons. The lowest BCUT2D eigenvalue weighted by atomic mass is 10.2. The number of nitrogens with zero attached hydrogens (tertiary/aromatic N) is 1. The van der Waals surface area contributed by atoms with E-state index in [-0.39, 0.29) is 11.9 Å². The van der Waals surface area contributed by atoms with Crippen LogP contribution in [0.3, 0.4) is 0 Å². The summed E-state index contributed by atoms with van der Waals surface area (Å²) in [5, 5.41) is 2.97. The summed E-state index contributed by atoms with van der Waals surface area (Å²) in [5.74, 6) is 0.0542. The summed E-state index contributed by atoms with van der Waals surface area (Å²) >= 11 is 0. The van der Waals surface area contributed by atoms with Crippen molar-refractivity contribution in [2.75, 3.05) is 23.7 Å². The molecule has 1 aromatic rings. The number of carbonyl (C=O) groups excluding carboxylic acids is 1. The maximum Gasteiger partial charge on any atom is 0.242 e. The Kier molecular flexibility index (Phi) is 6.19. The Morgan fingerprint density at radius 3 is 2.63 bits per heavy atom. The topological polar surface area (TPSA) is 58.4 Å². The monoisotopic (exact) mass is 263 g/mol. The van der Waals surface area contributed by atoms with Crippen molar-refractivity contribution in [1.29, 1.82) is 0 Å². The van der Waals surface area contributed by atoms with Crippen LogP contribution in [0.2, 0.25) is 0 Å². The smallest absolute Gasteiger partial charge is 0.242 e. The zero-order chi connectivity index (χ0) is 14.3. The first-order valence-corrected chi connectivity index (χ1v) is 7.00. The van der Waals surface area contributed by atoms with Gasteiger partial charge < -0.3 is 16.0 Å². The maximum atomic E-state index is 12.1.